The fourth-order valence-electron chi connectivity index (χ4n) is 11.5. The molecule has 77 heavy (non-hydrogen) atoms. The normalized spacial score (nSPS) is 31.4. The summed E-state index contributed by atoms with van der Waals surface area (Å²) in [6.07, 6.45) is -13.2. The van der Waals surface area contributed by atoms with Gasteiger partial charge in [0.05, 0.1) is 23.5 Å². The standard InChI is InChI=1S/C52H59Cl6NO18/c1-26-30(71-41(63)36-34(28-17-13-11-14-18-28)59(47(8,9)76-36)42(64)77-45(3,4)5)22-50(67)39(74-40(62)29-19-15-12-16-20-29)37-48(10,38(61)35(33(26)46(50,6)7)73-44(66)70-25-52(56,57)58)31(72-43(65)69-24-51(53,54)55)21-32-49(37,23-68-32)75-27(2)60/h11-20,26,30-32,34,36-37,39,67H,21-25H2,1-10H3/t26?,30-,31-,32+,34+,36+,37?,39-,48+,49-,50+/m0/s1. The Labute approximate surface area is 474 Å². The van der Waals surface area contributed by atoms with Gasteiger partial charge >= 0.3 is 36.3 Å². The van der Waals surface area contributed by atoms with Gasteiger partial charge in [0, 0.05) is 31.1 Å². The molecule has 25 heteroatoms. The third kappa shape index (κ3) is 12.0. The molecule has 0 aromatic heterocycles. The van der Waals surface area contributed by atoms with E-state index in [-0.39, 0.29) is 11.1 Å². The number of rotatable bonds is 10. The van der Waals surface area contributed by atoms with Crippen LogP contribution in [-0.2, 0) is 61.8 Å². The number of fused-ring (bicyclic) bond motifs is 5. The number of amides is 1. The number of benzene rings is 2. The summed E-state index contributed by atoms with van der Waals surface area (Å²) in [4.78, 5) is 103. The topological polar surface area (TPSA) is 235 Å². The molecule has 2 aliphatic heterocycles. The molecule has 4 fully saturated rings. The van der Waals surface area contributed by atoms with Crippen molar-refractivity contribution in [2.75, 3.05) is 19.8 Å². The number of Topliss-reactive ketones (excluding diaryl/α,β-unsaturated/α-hetero) is 1. The van der Waals surface area contributed by atoms with E-state index in [1.165, 1.54) is 44.7 Å². The number of halogens is 6. The number of ketones is 1. The van der Waals surface area contributed by atoms with Crippen molar-refractivity contribution >= 4 is 112 Å². The number of aliphatic hydroxyl groups is 1. The van der Waals surface area contributed by atoms with E-state index in [1.54, 1.807) is 83.1 Å². The van der Waals surface area contributed by atoms with Crippen LogP contribution in [0.25, 0.3) is 0 Å². The molecule has 0 spiro atoms. The lowest BCUT2D eigenvalue weighted by molar-refractivity contribution is -0.345. The highest BCUT2D eigenvalue weighted by Gasteiger charge is 2.79. The molecule has 2 unspecified atom stereocenters. The number of hydrogen-bond donors (Lipinski definition) is 1. The Morgan fingerprint density at radius 1 is 0.805 bits per heavy atom. The quantitative estimate of drug-likeness (QED) is 0.132. The summed E-state index contributed by atoms with van der Waals surface area (Å²) in [6, 6.07) is 14.9. The summed E-state index contributed by atoms with van der Waals surface area (Å²) in [6.45, 7) is 12.8. The first kappa shape index (κ1) is 60.3. The van der Waals surface area contributed by atoms with E-state index in [4.69, 9.17) is 117 Å². The summed E-state index contributed by atoms with van der Waals surface area (Å²) >= 11 is 35.6. The molecular weight excluding hydrogens is 1140 g/mol. The fourth-order valence-corrected chi connectivity index (χ4v) is 11.8. The molecule has 1 N–H and O–H groups in total. The maximum absolute atomic E-state index is 16.4. The average Bonchev–Trinajstić information content (AvgIpc) is 3.61. The van der Waals surface area contributed by atoms with Gasteiger partial charge in [0.1, 0.15) is 60.6 Å². The number of nitrogens with zero attached hydrogens (tertiary/aromatic N) is 1. The Balaban J connectivity index is 1.47. The van der Waals surface area contributed by atoms with Gasteiger partial charge in [-0.05, 0) is 64.8 Å². The van der Waals surface area contributed by atoms with Crippen LogP contribution in [0.4, 0.5) is 14.4 Å². The number of hydrogen-bond acceptors (Lipinski definition) is 18. The Kier molecular flexibility index (Phi) is 16.9. The van der Waals surface area contributed by atoms with Gasteiger partial charge in [0.25, 0.3) is 0 Å². The van der Waals surface area contributed by atoms with Crippen molar-refractivity contribution in [1.29, 1.82) is 0 Å². The molecule has 2 saturated carbocycles. The summed E-state index contributed by atoms with van der Waals surface area (Å²) in [5.74, 6) is -8.11. The Hall–Kier alpha value is -4.31. The van der Waals surface area contributed by atoms with E-state index in [0.29, 0.717) is 5.56 Å². The largest absolute Gasteiger partial charge is 0.514 e. The van der Waals surface area contributed by atoms with E-state index < -0.39 is 170 Å². The molecule has 2 aromatic carbocycles. The highest BCUT2D eigenvalue weighted by atomic mass is 35.6. The fraction of sp³-hybridized carbons (Fsp3) is 0.596. The van der Waals surface area contributed by atoms with Gasteiger partial charge in [0.15, 0.2) is 17.5 Å². The lowest BCUT2D eigenvalue weighted by atomic mass is 9.45. The summed E-state index contributed by atoms with van der Waals surface area (Å²) in [5.41, 5.74) is -11.3. The molecule has 2 heterocycles. The monoisotopic (exact) mass is 1200 g/mol. The molecule has 19 nitrogen and oxygen atoms in total. The van der Waals surface area contributed by atoms with Crippen LogP contribution in [0.2, 0.25) is 0 Å². The molecule has 5 aliphatic rings. The van der Waals surface area contributed by atoms with Crippen LogP contribution in [0, 0.1) is 22.7 Å². The number of ether oxygens (including phenoxy) is 10. The van der Waals surface area contributed by atoms with E-state index >= 15 is 9.59 Å². The van der Waals surface area contributed by atoms with Crippen molar-refractivity contribution in [2.24, 2.45) is 22.7 Å². The average molecular weight is 1200 g/mol. The van der Waals surface area contributed by atoms with Gasteiger partial charge in [0.2, 0.25) is 13.4 Å². The first-order chi connectivity index (χ1) is 35.5. The zero-order valence-electron chi connectivity index (χ0n) is 43.5. The third-order valence-corrected chi connectivity index (χ3v) is 15.5. The number of allylic oxidation sites excluding steroid dienone is 1. The van der Waals surface area contributed by atoms with Gasteiger partial charge in [-0.3, -0.25) is 14.5 Å². The minimum atomic E-state index is -2.62. The molecule has 2 aromatic rings. The zero-order valence-corrected chi connectivity index (χ0v) is 48.1. The molecule has 7 rings (SSSR count). The molecule has 2 saturated heterocycles. The van der Waals surface area contributed by atoms with E-state index in [2.05, 4.69) is 0 Å². The van der Waals surface area contributed by atoms with Gasteiger partial charge in [-0.1, -0.05) is 139 Å². The van der Waals surface area contributed by atoms with Crippen LogP contribution in [0.15, 0.2) is 72.0 Å². The highest BCUT2D eigenvalue weighted by Crippen LogP contribution is 2.66. The van der Waals surface area contributed by atoms with Crippen LogP contribution >= 0.6 is 69.6 Å². The first-order valence-electron chi connectivity index (χ1n) is 24.3. The molecular formula is C52H59Cl6NO18. The second kappa shape index (κ2) is 21.6. The van der Waals surface area contributed by atoms with Crippen LogP contribution in [-0.4, -0.2) is 133 Å². The molecule has 0 radical (unpaired) electrons. The van der Waals surface area contributed by atoms with Crippen LogP contribution < -0.4 is 0 Å². The highest BCUT2D eigenvalue weighted by molar-refractivity contribution is 6.68. The Morgan fingerprint density at radius 2 is 1.38 bits per heavy atom. The van der Waals surface area contributed by atoms with Crippen LogP contribution in [0.5, 0.6) is 0 Å². The Morgan fingerprint density at radius 3 is 1.91 bits per heavy atom. The van der Waals surface area contributed by atoms with Crippen molar-refractivity contribution in [1.82, 2.24) is 4.90 Å². The van der Waals surface area contributed by atoms with Crippen molar-refractivity contribution in [3.05, 3.63) is 83.1 Å². The van der Waals surface area contributed by atoms with Crippen molar-refractivity contribution in [3.63, 3.8) is 0 Å². The van der Waals surface area contributed by atoms with E-state index in [9.17, 15) is 29.1 Å². The summed E-state index contributed by atoms with van der Waals surface area (Å²) < 4.78 is 55.4. The van der Waals surface area contributed by atoms with Crippen LogP contribution in [0.1, 0.15) is 104 Å². The summed E-state index contributed by atoms with van der Waals surface area (Å²) in [7, 11) is 0. The Bertz CT molecular complexity index is 2670. The minimum absolute atomic E-state index is 0.0306. The number of esters is 3. The number of carbonyl (C=O) groups is 7. The SMILES string of the molecule is CC(=O)O[C@@]12CO[C@@H]1C[C@H](OC(=O)OCC(Cl)(Cl)Cl)[C@@]1(C)C(=O)C(OC(=O)OCC(Cl)(Cl)Cl)=C3C(C)[C@@H](OC(=O)[C@@H]4OC(C)(C)N(C(=O)OC(C)(C)C)[C@@H]4c4ccccc4)C[C@@](O)([C@@H](OC(=O)c4ccccc4)C12)C3(C)C. The molecule has 11 atom stereocenters. The smallest absolute Gasteiger partial charge is 0.460 e. The molecule has 1 amide bonds. The maximum Gasteiger partial charge on any atom is 0.514 e. The van der Waals surface area contributed by atoms with Crippen molar-refractivity contribution < 1.29 is 86.0 Å². The summed E-state index contributed by atoms with van der Waals surface area (Å²) in [5, 5.41) is 14.2. The van der Waals surface area contributed by atoms with Gasteiger partial charge in [-0.25, -0.2) is 24.0 Å². The van der Waals surface area contributed by atoms with Crippen molar-refractivity contribution in [3.8, 4) is 0 Å². The molecule has 2 bridgehead atoms. The van der Waals surface area contributed by atoms with Gasteiger partial charge < -0.3 is 52.5 Å². The van der Waals surface area contributed by atoms with Crippen LogP contribution in [0.3, 0.4) is 0 Å². The lowest BCUT2D eigenvalue weighted by Gasteiger charge is -2.67. The second-order valence-corrected chi connectivity index (χ2v) is 26.9. The zero-order chi connectivity index (χ0) is 57.2. The minimum Gasteiger partial charge on any atom is -0.460 e. The predicted octanol–water partition coefficient (Wildman–Crippen LogP) is 10.0. The predicted molar refractivity (Wildman–Crippen MR) is 276 cm³/mol. The van der Waals surface area contributed by atoms with E-state index in [1.807, 2.05) is 0 Å². The maximum atomic E-state index is 16.4. The number of carbonyl (C=O) groups excluding carboxylic acids is 7. The second-order valence-electron chi connectivity index (χ2n) is 21.8. The first-order valence-corrected chi connectivity index (χ1v) is 26.6. The van der Waals surface area contributed by atoms with E-state index in [0.717, 1.165) is 6.92 Å². The van der Waals surface area contributed by atoms with Crippen molar-refractivity contribution in [2.45, 2.75) is 149 Å². The number of alkyl halides is 6. The van der Waals surface area contributed by atoms with Gasteiger partial charge in [-0.2, -0.15) is 0 Å². The molecule has 3 aliphatic carbocycles. The van der Waals surface area contributed by atoms with Gasteiger partial charge in [-0.15, -0.1) is 0 Å². The lowest BCUT2D eigenvalue weighted by Crippen LogP contribution is -2.81. The third-order valence-electron chi connectivity index (χ3n) is 14.8. The molecule has 422 valence electrons.